The molecule has 0 heterocycles. The van der Waals surface area contributed by atoms with Crippen molar-refractivity contribution in [3.63, 3.8) is 0 Å². The van der Waals surface area contributed by atoms with Gasteiger partial charge in [0.1, 0.15) is 0 Å². The third-order valence-electron chi connectivity index (χ3n) is 1.06. The first kappa shape index (κ1) is 7.21. The van der Waals surface area contributed by atoms with Crippen molar-refractivity contribution in [3.05, 3.63) is 18.2 Å². The predicted octanol–water partition coefficient (Wildman–Crippen LogP) is 1.79. The van der Waals surface area contributed by atoms with Crippen LogP contribution in [0, 0.1) is 0 Å². The monoisotopic (exact) mass is 204 g/mol. The Hall–Kier alpha value is -0.900. The zero-order valence-electron chi connectivity index (χ0n) is 4.91. The van der Waals surface area contributed by atoms with Crippen LogP contribution in [0.15, 0.2) is 18.2 Å². The highest BCUT2D eigenvalue weighted by molar-refractivity contribution is 9.06. The summed E-state index contributed by atoms with van der Waals surface area (Å²) in [7, 11) is 0. The predicted molar refractivity (Wildman–Crippen MR) is 39.3 cm³/mol. The highest BCUT2D eigenvalue weighted by Gasteiger charge is 2.04. The maximum Gasteiger partial charge on any atom is 0.201 e. The molecule has 0 fully saturated rings. The fraction of sp³-hybridized carbons (Fsp3) is 0. The minimum atomic E-state index is -0.264. The molecule has 54 valence electrons. The van der Waals surface area contributed by atoms with Crippen molar-refractivity contribution < 1.29 is 14.0 Å². The second kappa shape index (κ2) is 2.79. The highest BCUT2D eigenvalue weighted by atomic mass is 79.9. The molecule has 0 radical (unpaired) electrons. The molecule has 1 aromatic carbocycles. The molecule has 3 nitrogen and oxygen atoms in total. The smallest absolute Gasteiger partial charge is 0.201 e. The summed E-state index contributed by atoms with van der Waals surface area (Å²) in [5, 5.41) is 17.9. The van der Waals surface area contributed by atoms with Crippen LogP contribution in [-0.4, -0.2) is 10.2 Å². The lowest BCUT2D eigenvalue weighted by Crippen LogP contribution is -1.75. The maximum atomic E-state index is 8.99. The third kappa shape index (κ3) is 1.16. The average Bonchev–Trinajstić information content (AvgIpc) is 1.95. The molecule has 0 spiro atoms. The largest absolute Gasteiger partial charge is 0.504 e. The van der Waals surface area contributed by atoms with Gasteiger partial charge in [0.15, 0.2) is 27.8 Å². The molecule has 0 atom stereocenters. The maximum absolute atomic E-state index is 8.99. The topological polar surface area (TPSA) is 49.7 Å². The zero-order valence-corrected chi connectivity index (χ0v) is 6.50. The van der Waals surface area contributed by atoms with Crippen molar-refractivity contribution in [1.29, 1.82) is 0 Å². The van der Waals surface area contributed by atoms with Crippen LogP contribution >= 0.6 is 16.3 Å². The summed E-state index contributed by atoms with van der Waals surface area (Å²) in [5.74, 6) is -0.267. The lowest BCUT2D eigenvalue weighted by Gasteiger charge is -2.00. The Bertz CT molecular complexity index is 236. The van der Waals surface area contributed by atoms with Crippen LogP contribution in [0.1, 0.15) is 0 Å². The number of phenolic OH excluding ortho intramolecular Hbond substituents is 2. The van der Waals surface area contributed by atoms with E-state index < -0.39 is 0 Å². The molecule has 0 unspecified atom stereocenters. The summed E-state index contributed by atoms with van der Waals surface area (Å²) >= 11 is 2.67. The van der Waals surface area contributed by atoms with Crippen LogP contribution in [0.3, 0.4) is 0 Å². The first-order chi connectivity index (χ1) is 4.75. The number of aromatic hydroxyl groups is 2. The summed E-state index contributed by atoms with van der Waals surface area (Å²) in [5.41, 5.74) is 0. The second-order valence-corrected chi connectivity index (χ2v) is 2.02. The molecule has 0 aromatic heterocycles. The van der Waals surface area contributed by atoms with E-state index in [0.717, 1.165) is 0 Å². The number of hydrogen-bond donors (Lipinski definition) is 2. The molecule has 0 aliphatic carbocycles. The lowest BCUT2D eigenvalue weighted by atomic mass is 10.3. The van der Waals surface area contributed by atoms with E-state index in [2.05, 4.69) is 20.1 Å². The molecule has 2 N–H and O–H groups in total. The molecular weight excluding hydrogens is 200 g/mol. The standard InChI is InChI=1S/C6H5BrO3/c7-10-5-3-1-2-4(8)6(5)9/h1-3,8-9H. The quantitative estimate of drug-likeness (QED) is 0.687. The first-order valence-electron chi connectivity index (χ1n) is 2.55. The van der Waals surface area contributed by atoms with Crippen molar-refractivity contribution in [3.8, 4) is 17.2 Å². The van der Waals surface area contributed by atoms with Gasteiger partial charge in [-0.2, -0.15) is 0 Å². The Morgan fingerprint density at radius 3 is 2.50 bits per heavy atom. The fourth-order valence-corrected chi connectivity index (χ4v) is 0.834. The highest BCUT2D eigenvalue weighted by Crippen LogP contribution is 2.35. The minimum Gasteiger partial charge on any atom is -0.504 e. The molecular formula is C6H5BrO3. The van der Waals surface area contributed by atoms with Crippen LogP contribution < -0.4 is 3.83 Å². The van der Waals surface area contributed by atoms with Crippen LogP contribution in [0.5, 0.6) is 17.2 Å². The molecule has 0 saturated heterocycles. The van der Waals surface area contributed by atoms with Gasteiger partial charge in [-0.25, -0.2) is 0 Å². The number of hydrogen-bond acceptors (Lipinski definition) is 3. The Morgan fingerprint density at radius 2 is 2.00 bits per heavy atom. The van der Waals surface area contributed by atoms with Gasteiger partial charge in [0.25, 0.3) is 0 Å². The van der Waals surface area contributed by atoms with E-state index >= 15 is 0 Å². The van der Waals surface area contributed by atoms with Gasteiger partial charge in [-0.3, -0.25) is 0 Å². The van der Waals surface area contributed by atoms with Crippen molar-refractivity contribution in [1.82, 2.24) is 0 Å². The van der Waals surface area contributed by atoms with Crippen LogP contribution in [0.25, 0.3) is 0 Å². The Balaban J connectivity index is 3.14. The van der Waals surface area contributed by atoms with Crippen LogP contribution in [-0.2, 0) is 0 Å². The minimum absolute atomic E-state index is 0.194. The van der Waals surface area contributed by atoms with Gasteiger partial charge in [0, 0.05) is 0 Å². The Kier molecular flexibility index (Phi) is 2.01. The van der Waals surface area contributed by atoms with E-state index in [-0.39, 0.29) is 17.2 Å². The number of rotatable bonds is 1. The van der Waals surface area contributed by atoms with Gasteiger partial charge >= 0.3 is 0 Å². The Labute approximate surface area is 66.3 Å². The lowest BCUT2D eigenvalue weighted by molar-refractivity contribution is 0.392. The second-order valence-electron chi connectivity index (χ2n) is 1.70. The molecule has 4 heteroatoms. The molecule has 1 aromatic rings. The summed E-state index contributed by atoms with van der Waals surface area (Å²) in [6.07, 6.45) is 0. The average molecular weight is 205 g/mol. The van der Waals surface area contributed by atoms with Crippen LogP contribution in [0.2, 0.25) is 0 Å². The van der Waals surface area contributed by atoms with E-state index in [1.54, 1.807) is 6.07 Å². The van der Waals surface area contributed by atoms with Gasteiger partial charge in [-0.1, -0.05) is 6.07 Å². The Morgan fingerprint density at radius 1 is 1.30 bits per heavy atom. The summed E-state index contributed by atoms with van der Waals surface area (Å²) < 4.78 is 4.53. The summed E-state index contributed by atoms with van der Waals surface area (Å²) in [6, 6.07) is 4.44. The molecule has 0 aliphatic heterocycles. The molecule has 10 heavy (non-hydrogen) atoms. The van der Waals surface area contributed by atoms with E-state index in [1.807, 2.05) is 0 Å². The number of halogens is 1. The SMILES string of the molecule is Oc1cccc(OBr)c1O. The third-order valence-corrected chi connectivity index (χ3v) is 1.41. The van der Waals surface area contributed by atoms with Crippen molar-refractivity contribution in [2.24, 2.45) is 0 Å². The van der Waals surface area contributed by atoms with E-state index in [0.29, 0.717) is 0 Å². The molecule has 0 bridgehead atoms. The van der Waals surface area contributed by atoms with Gasteiger partial charge in [-0.05, 0) is 12.1 Å². The number of benzene rings is 1. The van der Waals surface area contributed by atoms with Gasteiger partial charge in [0.2, 0.25) is 5.75 Å². The number of para-hydroxylation sites is 1. The first-order valence-corrected chi connectivity index (χ1v) is 3.20. The van der Waals surface area contributed by atoms with Crippen molar-refractivity contribution in [2.75, 3.05) is 0 Å². The van der Waals surface area contributed by atoms with E-state index in [1.165, 1.54) is 12.1 Å². The molecule has 0 amide bonds. The van der Waals surface area contributed by atoms with Gasteiger partial charge in [0.05, 0.1) is 0 Å². The van der Waals surface area contributed by atoms with Crippen LogP contribution in [0.4, 0.5) is 0 Å². The summed E-state index contributed by atoms with van der Waals surface area (Å²) in [6.45, 7) is 0. The molecule has 0 saturated carbocycles. The van der Waals surface area contributed by atoms with Gasteiger partial charge < -0.3 is 14.0 Å². The van der Waals surface area contributed by atoms with Gasteiger partial charge in [-0.15, -0.1) is 0 Å². The fourth-order valence-electron chi connectivity index (χ4n) is 0.573. The molecule has 1 rings (SSSR count). The summed E-state index contributed by atoms with van der Waals surface area (Å²) in [4.78, 5) is 0. The van der Waals surface area contributed by atoms with E-state index in [9.17, 15) is 0 Å². The van der Waals surface area contributed by atoms with Crippen molar-refractivity contribution >= 4 is 16.3 Å². The van der Waals surface area contributed by atoms with Crippen molar-refractivity contribution in [2.45, 2.75) is 0 Å². The number of phenols is 2. The normalized spacial score (nSPS) is 9.30. The van der Waals surface area contributed by atoms with E-state index in [4.69, 9.17) is 10.2 Å². The molecule has 0 aliphatic rings. The zero-order chi connectivity index (χ0) is 7.56.